The molecular formula is C32H56. The molecule has 0 spiro atoms. The van der Waals surface area contributed by atoms with Crippen molar-refractivity contribution in [1.82, 2.24) is 0 Å². The summed E-state index contributed by atoms with van der Waals surface area (Å²) < 4.78 is 0. The quantitative estimate of drug-likeness (QED) is 0.197. The van der Waals surface area contributed by atoms with E-state index in [2.05, 4.69) is 31.7 Å². The van der Waals surface area contributed by atoms with E-state index in [1.165, 1.54) is 96.3 Å². The summed E-state index contributed by atoms with van der Waals surface area (Å²) in [6.45, 7) is 6.30. The Morgan fingerprint density at radius 1 is 0.594 bits per heavy atom. The molecule has 3 aliphatic rings. The molecule has 0 saturated heterocycles. The standard InChI is InChI=1S/C32H56/c1-3-5-6-7-8-9-12-29-19-23-31(24-20-29)32-25-21-30(22-26-32)14-11-10-13-28-17-15-27(4-2)16-18-28/h4,10,13,27-32H,2-3,5-9,11-12,14-26H2,1H3. The predicted octanol–water partition coefficient (Wildman–Crippen LogP) is 10.7. The van der Waals surface area contributed by atoms with Crippen molar-refractivity contribution in [2.45, 2.75) is 142 Å². The lowest BCUT2D eigenvalue weighted by molar-refractivity contribution is 0.140. The Kier molecular flexibility index (Phi) is 12.6. The first-order chi connectivity index (χ1) is 15.8. The van der Waals surface area contributed by atoms with Gasteiger partial charge in [0.25, 0.3) is 0 Å². The molecule has 0 aromatic rings. The average Bonchev–Trinajstić information content (AvgIpc) is 2.85. The molecule has 0 aromatic carbocycles. The van der Waals surface area contributed by atoms with Gasteiger partial charge >= 0.3 is 0 Å². The van der Waals surface area contributed by atoms with E-state index in [9.17, 15) is 0 Å². The van der Waals surface area contributed by atoms with Crippen molar-refractivity contribution in [3.8, 4) is 0 Å². The van der Waals surface area contributed by atoms with Crippen LogP contribution in [0.1, 0.15) is 142 Å². The van der Waals surface area contributed by atoms with Crippen molar-refractivity contribution in [2.24, 2.45) is 35.5 Å². The van der Waals surface area contributed by atoms with Crippen LogP contribution in [0.15, 0.2) is 24.8 Å². The van der Waals surface area contributed by atoms with Gasteiger partial charge in [-0.3, -0.25) is 0 Å². The van der Waals surface area contributed by atoms with Crippen molar-refractivity contribution >= 4 is 0 Å². The van der Waals surface area contributed by atoms with Gasteiger partial charge in [0, 0.05) is 0 Å². The van der Waals surface area contributed by atoms with Crippen LogP contribution in [0, 0.1) is 35.5 Å². The van der Waals surface area contributed by atoms with Gasteiger partial charge in [-0.05, 0) is 99.7 Å². The molecule has 3 rings (SSSR count). The van der Waals surface area contributed by atoms with Crippen molar-refractivity contribution in [3.05, 3.63) is 24.8 Å². The summed E-state index contributed by atoms with van der Waals surface area (Å²) in [6.07, 6.45) is 38.3. The third-order valence-corrected chi connectivity index (χ3v) is 9.72. The van der Waals surface area contributed by atoms with E-state index in [1.807, 2.05) is 0 Å². The van der Waals surface area contributed by atoms with E-state index in [0.29, 0.717) is 0 Å². The Morgan fingerprint density at radius 2 is 1.12 bits per heavy atom. The molecule has 184 valence electrons. The molecule has 0 unspecified atom stereocenters. The largest absolute Gasteiger partial charge is 0.103 e. The molecule has 0 amide bonds. The van der Waals surface area contributed by atoms with Crippen LogP contribution in [0.2, 0.25) is 0 Å². The van der Waals surface area contributed by atoms with Crippen LogP contribution in [0.5, 0.6) is 0 Å². The lowest BCUT2D eigenvalue weighted by atomic mass is 9.68. The smallest absolute Gasteiger partial charge is 0.0233 e. The predicted molar refractivity (Wildman–Crippen MR) is 143 cm³/mol. The van der Waals surface area contributed by atoms with Gasteiger partial charge in [-0.2, -0.15) is 0 Å². The Hall–Kier alpha value is -0.520. The minimum absolute atomic E-state index is 0.796. The van der Waals surface area contributed by atoms with E-state index in [-0.39, 0.29) is 0 Å². The van der Waals surface area contributed by atoms with Gasteiger partial charge in [-0.1, -0.05) is 95.8 Å². The molecule has 3 aliphatic carbocycles. The van der Waals surface area contributed by atoms with Crippen LogP contribution in [-0.2, 0) is 0 Å². The first kappa shape index (κ1) is 26.1. The van der Waals surface area contributed by atoms with Gasteiger partial charge in [0.05, 0.1) is 0 Å². The second-order valence-corrected chi connectivity index (χ2v) is 12.0. The molecule has 0 heterocycles. The molecule has 0 radical (unpaired) electrons. The summed E-state index contributed by atoms with van der Waals surface area (Å²) in [5.74, 6) is 5.92. The van der Waals surface area contributed by atoms with Crippen LogP contribution in [-0.4, -0.2) is 0 Å². The van der Waals surface area contributed by atoms with E-state index in [1.54, 1.807) is 38.5 Å². The third kappa shape index (κ3) is 9.38. The van der Waals surface area contributed by atoms with E-state index < -0.39 is 0 Å². The summed E-state index contributed by atoms with van der Waals surface area (Å²) in [5, 5.41) is 0. The first-order valence-corrected chi connectivity index (χ1v) is 15.1. The molecule has 0 N–H and O–H groups in total. The van der Waals surface area contributed by atoms with Crippen LogP contribution in [0.3, 0.4) is 0 Å². The first-order valence-electron chi connectivity index (χ1n) is 15.1. The summed E-state index contributed by atoms with van der Waals surface area (Å²) >= 11 is 0. The molecule has 3 fully saturated rings. The zero-order valence-electron chi connectivity index (χ0n) is 21.8. The SMILES string of the molecule is C=CC1CCC(C=CCCC2CCC(C3CCC(CCCCCCCC)CC3)CC2)CC1. The van der Waals surface area contributed by atoms with Crippen molar-refractivity contribution in [2.75, 3.05) is 0 Å². The fourth-order valence-electron chi connectivity index (χ4n) is 7.30. The lowest BCUT2D eigenvalue weighted by Crippen LogP contribution is -2.25. The van der Waals surface area contributed by atoms with Crippen molar-refractivity contribution in [1.29, 1.82) is 0 Å². The van der Waals surface area contributed by atoms with E-state index in [4.69, 9.17) is 0 Å². The second kappa shape index (κ2) is 15.4. The maximum atomic E-state index is 3.98. The summed E-state index contributed by atoms with van der Waals surface area (Å²) in [5.41, 5.74) is 0. The van der Waals surface area contributed by atoms with Gasteiger partial charge in [0.1, 0.15) is 0 Å². The molecule has 0 atom stereocenters. The molecule has 32 heavy (non-hydrogen) atoms. The van der Waals surface area contributed by atoms with Crippen LogP contribution in [0.4, 0.5) is 0 Å². The minimum atomic E-state index is 0.796. The van der Waals surface area contributed by atoms with Gasteiger partial charge in [0.15, 0.2) is 0 Å². The average molecular weight is 441 g/mol. The third-order valence-electron chi connectivity index (χ3n) is 9.72. The molecule has 0 aliphatic heterocycles. The highest BCUT2D eigenvalue weighted by atomic mass is 14.4. The van der Waals surface area contributed by atoms with Crippen LogP contribution >= 0.6 is 0 Å². The van der Waals surface area contributed by atoms with Gasteiger partial charge in [0.2, 0.25) is 0 Å². The number of hydrogen-bond acceptors (Lipinski definition) is 0. The second-order valence-electron chi connectivity index (χ2n) is 12.0. The Morgan fingerprint density at radius 3 is 1.72 bits per heavy atom. The number of hydrogen-bond donors (Lipinski definition) is 0. The number of unbranched alkanes of at least 4 members (excludes halogenated alkanes) is 5. The molecule has 0 heteroatoms. The monoisotopic (exact) mass is 440 g/mol. The van der Waals surface area contributed by atoms with Gasteiger partial charge in [-0.15, -0.1) is 6.58 Å². The Labute approximate surface area is 202 Å². The van der Waals surface area contributed by atoms with E-state index in [0.717, 1.165) is 35.5 Å². The molecule has 0 nitrogen and oxygen atoms in total. The fourth-order valence-corrected chi connectivity index (χ4v) is 7.30. The highest BCUT2D eigenvalue weighted by molar-refractivity contribution is 4.94. The van der Waals surface area contributed by atoms with Crippen molar-refractivity contribution < 1.29 is 0 Å². The maximum absolute atomic E-state index is 3.98. The normalized spacial score (nSPS) is 34.0. The van der Waals surface area contributed by atoms with E-state index >= 15 is 0 Å². The lowest BCUT2D eigenvalue weighted by Gasteiger charge is -2.38. The molecule has 0 bridgehead atoms. The molecule has 3 saturated carbocycles. The zero-order valence-corrected chi connectivity index (χ0v) is 21.8. The minimum Gasteiger partial charge on any atom is -0.103 e. The fraction of sp³-hybridized carbons (Fsp3) is 0.875. The Balaban J connectivity index is 1.20. The highest BCUT2D eigenvalue weighted by Crippen LogP contribution is 2.43. The summed E-state index contributed by atoms with van der Waals surface area (Å²) in [6, 6.07) is 0. The zero-order chi connectivity index (χ0) is 22.4. The number of rotatable bonds is 13. The maximum Gasteiger partial charge on any atom is -0.0233 e. The Bertz CT molecular complexity index is 492. The molecule has 0 aromatic heterocycles. The summed E-state index contributed by atoms with van der Waals surface area (Å²) in [7, 11) is 0. The van der Waals surface area contributed by atoms with Crippen LogP contribution in [0.25, 0.3) is 0 Å². The topological polar surface area (TPSA) is 0 Å². The van der Waals surface area contributed by atoms with Crippen LogP contribution < -0.4 is 0 Å². The highest BCUT2D eigenvalue weighted by Gasteiger charge is 2.30. The molecular weight excluding hydrogens is 384 g/mol. The van der Waals surface area contributed by atoms with Gasteiger partial charge < -0.3 is 0 Å². The number of allylic oxidation sites excluding steroid dienone is 3. The van der Waals surface area contributed by atoms with Crippen molar-refractivity contribution in [3.63, 3.8) is 0 Å². The van der Waals surface area contributed by atoms with Gasteiger partial charge in [-0.25, -0.2) is 0 Å². The summed E-state index contributed by atoms with van der Waals surface area (Å²) in [4.78, 5) is 0.